The standard InChI is InChI=1S/C36H20N4/c1-2-12-22-21(11-1)31-23-13-3-8-18-28(23)39-30-20-10-5-15-25(30)33-36(38-27-17-7-6-16-26(27)37-33)40-29-19-9-4-14-24(29)32(22)35(40)34(31)39/h1-20H. The molecular formula is C36H20N4. The molecule has 0 atom stereocenters. The van der Waals surface area contributed by atoms with Gasteiger partial charge in [0, 0.05) is 26.9 Å². The maximum Gasteiger partial charge on any atom is 0.165 e. The van der Waals surface area contributed by atoms with E-state index in [9.17, 15) is 0 Å². The Bertz CT molecular complexity index is 2710. The van der Waals surface area contributed by atoms with Gasteiger partial charge >= 0.3 is 0 Å². The summed E-state index contributed by atoms with van der Waals surface area (Å²) in [7, 11) is 0. The number of benzene rings is 6. The van der Waals surface area contributed by atoms with E-state index in [1.807, 2.05) is 12.1 Å². The van der Waals surface area contributed by atoms with Gasteiger partial charge in [-0.2, -0.15) is 0 Å². The molecule has 4 nitrogen and oxygen atoms in total. The smallest absolute Gasteiger partial charge is 0.165 e. The van der Waals surface area contributed by atoms with E-state index in [4.69, 9.17) is 9.97 Å². The summed E-state index contributed by atoms with van der Waals surface area (Å²) >= 11 is 0. The Morgan fingerprint density at radius 3 is 1.43 bits per heavy atom. The lowest BCUT2D eigenvalue weighted by Gasteiger charge is -2.12. The number of hydrogen-bond donors (Lipinski definition) is 0. The van der Waals surface area contributed by atoms with Crippen LogP contribution in [-0.2, 0) is 0 Å². The van der Waals surface area contributed by atoms with Gasteiger partial charge in [0.1, 0.15) is 5.52 Å². The predicted octanol–water partition coefficient (Wildman–Crippen LogP) is 9.05. The van der Waals surface area contributed by atoms with Gasteiger partial charge in [0.05, 0.1) is 38.6 Å². The van der Waals surface area contributed by atoms with Crippen molar-refractivity contribution in [2.45, 2.75) is 0 Å². The first-order valence-electron chi connectivity index (χ1n) is 13.6. The molecule has 0 fully saturated rings. The molecule has 4 heterocycles. The minimum Gasteiger partial charge on any atom is -0.306 e. The van der Waals surface area contributed by atoms with Crippen LogP contribution in [0.1, 0.15) is 0 Å². The molecule has 0 aliphatic rings. The second-order valence-electron chi connectivity index (χ2n) is 10.6. The van der Waals surface area contributed by atoms with Crippen molar-refractivity contribution in [1.29, 1.82) is 0 Å². The molecule has 0 spiro atoms. The van der Waals surface area contributed by atoms with E-state index >= 15 is 0 Å². The van der Waals surface area contributed by atoms with E-state index in [1.54, 1.807) is 0 Å². The topological polar surface area (TPSA) is 34.6 Å². The molecule has 0 aliphatic carbocycles. The van der Waals surface area contributed by atoms with Crippen LogP contribution in [0.4, 0.5) is 0 Å². The number of hydrogen-bond acceptors (Lipinski definition) is 2. The fraction of sp³-hybridized carbons (Fsp3) is 0. The summed E-state index contributed by atoms with van der Waals surface area (Å²) in [6, 6.07) is 43.2. The molecule has 4 heteroatoms. The van der Waals surface area contributed by atoms with Crippen LogP contribution < -0.4 is 0 Å². The van der Waals surface area contributed by atoms with Crippen molar-refractivity contribution in [2.24, 2.45) is 0 Å². The Hall–Kier alpha value is -5.48. The van der Waals surface area contributed by atoms with E-state index in [-0.39, 0.29) is 0 Å². The Kier molecular flexibility index (Phi) is 3.65. The highest BCUT2D eigenvalue weighted by Crippen LogP contribution is 2.45. The van der Waals surface area contributed by atoms with Crippen molar-refractivity contribution < 1.29 is 0 Å². The van der Waals surface area contributed by atoms with Crippen molar-refractivity contribution in [2.75, 3.05) is 0 Å². The fourth-order valence-electron chi connectivity index (χ4n) is 7.06. The van der Waals surface area contributed by atoms with Crippen molar-refractivity contribution in [3.05, 3.63) is 121 Å². The highest BCUT2D eigenvalue weighted by atomic mass is 15.0. The highest BCUT2D eigenvalue weighted by Gasteiger charge is 2.24. The van der Waals surface area contributed by atoms with Crippen LogP contribution in [0.15, 0.2) is 121 Å². The molecule has 0 amide bonds. The molecule has 0 unspecified atom stereocenters. The average Bonchev–Trinajstić information content (AvgIpc) is 3.54. The van der Waals surface area contributed by atoms with Gasteiger partial charge in [-0.25, -0.2) is 9.97 Å². The van der Waals surface area contributed by atoms with Gasteiger partial charge in [-0.1, -0.05) is 91.0 Å². The van der Waals surface area contributed by atoms with Gasteiger partial charge in [-0.15, -0.1) is 0 Å². The Labute approximate surface area is 227 Å². The van der Waals surface area contributed by atoms with Crippen LogP contribution in [0, 0.1) is 0 Å². The zero-order valence-electron chi connectivity index (χ0n) is 21.3. The first-order chi connectivity index (χ1) is 19.9. The third-order valence-corrected chi connectivity index (χ3v) is 8.60. The van der Waals surface area contributed by atoms with Crippen molar-refractivity contribution in [3.8, 4) is 0 Å². The third kappa shape index (κ3) is 2.34. The summed E-state index contributed by atoms with van der Waals surface area (Å²) in [6.45, 7) is 0. The van der Waals surface area contributed by atoms with Crippen LogP contribution >= 0.6 is 0 Å². The number of para-hydroxylation sites is 5. The molecule has 40 heavy (non-hydrogen) atoms. The Morgan fingerprint density at radius 1 is 0.375 bits per heavy atom. The molecule has 0 saturated heterocycles. The van der Waals surface area contributed by atoms with Gasteiger partial charge < -0.3 is 4.40 Å². The van der Waals surface area contributed by atoms with E-state index < -0.39 is 0 Å². The van der Waals surface area contributed by atoms with Crippen LogP contribution in [-0.4, -0.2) is 18.8 Å². The lowest BCUT2D eigenvalue weighted by molar-refractivity contribution is 1.24. The zero-order chi connectivity index (χ0) is 25.9. The van der Waals surface area contributed by atoms with Gasteiger partial charge in [-0.3, -0.25) is 4.40 Å². The van der Waals surface area contributed by atoms with E-state index in [2.05, 4.69) is 118 Å². The summed E-state index contributed by atoms with van der Waals surface area (Å²) in [5.41, 5.74) is 9.37. The molecule has 0 aliphatic heterocycles. The molecule has 0 saturated carbocycles. The normalized spacial score (nSPS) is 12.5. The average molecular weight is 509 g/mol. The van der Waals surface area contributed by atoms with Gasteiger partial charge in [0.2, 0.25) is 0 Å². The fourth-order valence-corrected chi connectivity index (χ4v) is 7.06. The van der Waals surface area contributed by atoms with Crippen LogP contribution in [0.5, 0.6) is 0 Å². The molecule has 184 valence electrons. The molecule has 6 aromatic carbocycles. The van der Waals surface area contributed by atoms with E-state index in [1.165, 1.54) is 48.9 Å². The lowest BCUT2D eigenvalue weighted by atomic mass is 9.98. The Morgan fingerprint density at radius 2 is 0.800 bits per heavy atom. The molecule has 0 bridgehead atoms. The minimum atomic E-state index is 0.866. The first-order valence-corrected chi connectivity index (χ1v) is 13.6. The monoisotopic (exact) mass is 508 g/mol. The molecular weight excluding hydrogens is 488 g/mol. The zero-order valence-corrected chi connectivity index (χ0v) is 21.3. The van der Waals surface area contributed by atoms with Crippen molar-refractivity contribution >= 4 is 87.5 Å². The number of nitrogens with zero attached hydrogens (tertiary/aromatic N) is 4. The number of aromatic nitrogens is 4. The quantitative estimate of drug-likeness (QED) is 0.205. The molecule has 0 N–H and O–H groups in total. The van der Waals surface area contributed by atoms with Gasteiger partial charge in [0.25, 0.3) is 0 Å². The van der Waals surface area contributed by atoms with E-state index in [0.717, 1.165) is 38.6 Å². The molecule has 0 radical (unpaired) electrons. The molecule has 10 rings (SSSR count). The molecule has 10 aromatic rings. The maximum atomic E-state index is 5.35. The van der Waals surface area contributed by atoms with Crippen molar-refractivity contribution in [1.82, 2.24) is 18.8 Å². The summed E-state index contributed by atoms with van der Waals surface area (Å²) in [6.07, 6.45) is 0. The second-order valence-corrected chi connectivity index (χ2v) is 10.6. The van der Waals surface area contributed by atoms with E-state index in [0.29, 0.717) is 0 Å². The van der Waals surface area contributed by atoms with Gasteiger partial charge in [-0.05, 0) is 41.1 Å². The largest absolute Gasteiger partial charge is 0.306 e. The summed E-state index contributed by atoms with van der Waals surface area (Å²) in [5, 5.41) is 8.59. The van der Waals surface area contributed by atoms with Gasteiger partial charge in [0.15, 0.2) is 5.65 Å². The summed E-state index contributed by atoms with van der Waals surface area (Å²) < 4.78 is 4.84. The Balaban J connectivity index is 1.75. The van der Waals surface area contributed by atoms with Crippen LogP contribution in [0.3, 0.4) is 0 Å². The molecule has 4 aromatic heterocycles. The minimum absolute atomic E-state index is 0.866. The lowest BCUT2D eigenvalue weighted by Crippen LogP contribution is -1.98. The first kappa shape index (κ1) is 20.5. The maximum absolute atomic E-state index is 5.35. The van der Waals surface area contributed by atoms with Crippen molar-refractivity contribution in [3.63, 3.8) is 0 Å². The van der Waals surface area contributed by atoms with Crippen LogP contribution in [0.25, 0.3) is 87.5 Å². The summed E-state index contributed by atoms with van der Waals surface area (Å²) in [4.78, 5) is 10.6. The SMILES string of the molecule is c1ccc2nc3c(nc2c1)c1ccccc1n1c2ccccc2c2c4ccccc4c4c5ccccc5n3c4c21. The third-order valence-electron chi connectivity index (χ3n) is 8.60. The highest BCUT2D eigenvalue weighted by molar-refractivity contribution is 6.36. The number of fused-ring (bicyclic) bond motifs is 15. The van der Waals surface area contributed by atoms with Crippen LogP contribution in [0.2, 0.25) is 0 Å². The summed E-state index contributed by atoms with van der Waals surface area (Å²) in [5.74, 6) is 0. The second kappa shape index (κ2) is 7.13. The number of rotatable bonds is 0. The predicted molar refractivity (Wildman–Crippen MR) is 166 cm³/mol.